The predicted molar refractivity (Wildman–Crippen MR) is 114 cm³/mol. The number of aryl methyl sites for hydroxylation is 1. The number of hydrogen-bond acceptors (Lipinski definition) is 5. The molecule has 1 aliphatic heterocycles. The maximum Gasteiger partial charge on any atom is 0.264 e. The molecule has 0 saturated carbocycles. The minimum Gasteiger partial charge on any atom is -0.493 e. The van der Waals surface area contributed by atoms with Crippen LogP contribution in [0.3, 0.4) is 0 Å². The first-order valence-electron chi connectivity index (χ1n) is 7.78. The van der Waals surface area contributed by atoms with Gasteiger partial charge in [-0.25, -0.2) is 4.99 Å². The van der Waals surface area contributed by atoms with E-state index in [0.717, 1.165) is 14.8 Å². The van der Waals surface area contributed by atoms with Crippen molar-refractivity contribution in [3.05, 3.63) is 56.0 Å². The number of thioether (sulfide) groups is 1. The molecule has 0 bridgehead atoms. The number of methoxy groups -OCH3 is 2. The van der Waals surface area contributed by atoms with E-state index in [1.54, 1.807) is 14.2 Å². The number of carbonyl (C=O) groups is 1. The second-order valence-corrected chi connectivity index (χ2v) is 7.75. The lowest BCUT2D eigenvalue weighted by atomic mass is 10.2. The van der Waals surface area contributed by atoms with Gasteiger partial charge in [0.15, 0.2) is 16.7 Å². The molecule has 0 atom stereocenters. The lowest BCUT2D eigenvalue weighted by molar-refractivity contribution is -0.115. The number of nitrogens with one attached hydrogen (secondary N) is 1. The van der Waals surface area contributed by atoms with Crippen molar-refractivity contribution in [2.45, 2.75) is 6.92 Å². The molecular weight excluding hydrogens is 463 g/mol. The van der Waals surface area contributed by atoms with Crippen LogP contribution in [0.2, 0.25) is 0 Å². The molecule has 2 aromatic carbocycles. The van der Waals surface area contributed by atoms with Crippen LogP contribution in [0.4, 0.5) is 5.69 Å². The Kier molecular flexibility index (Phi) is 5.87. The molecule has 1 saturated heterocycles. The van der Waals surface area contributed by atoms with Crippen LogP contribution in [-0.4, -0.2) is 25.3 Å². The van der Waals surface area contributed by atoms with Gasteiger partial charge in [-0.3, -0.25) is 4.79 Å². The van der Waals surface area contributed by atoms with Gasteiger partial charge >= 0.3 is 0 Å². The van der Waals surface area contributed by atoms with E-state index in [4.69, 9.17) is 9.47 Å². The van der Waals surface area contributed by atoms with Crippen molar-refractivity contribution in [1.29, 1.82) is 0 Å². The fourth-order valence-corrected chi connectivity index (χ4v) is 4.08. The zero-order valence-electron chi connectivity index (χ0n) is 14.5. The third-order valence-corrected chi connectivity index (χ3v) is 5.38. The van der Waals surface area contributed by atoms with E-state index in [1.165, 1.54) is 17.3 Å². The maximum atomic E-state index is 12.3. The SMILES string of the molecule is COc1cc(/C=C2\SC(=Nc3ccc(C)cc3)NC2=O)cc(I)c1OC. The number of halogens is 1. The third kappa shape index (κ3) is 4.21. The van der Waals surface area contributed by atoms with Crippen LogP contribution in [0, 0.1) is 10.5 Å². The lowest BCUT2D eigenvalue weighted by Crippen LogP contribution is -2.19. The number of benzene rings is 2. The van der Waals surface area contributed by atoms with Crippen LogP contribution in [-0.2, 0) is 4.79 Å². The third-order valence-electron chi connectivity index (χ3n) is 3.67. The Morgan fingerprint density at radius 2 is 1.88 bits per heavy atom. The fourth-order valence-electron chi connectivity index (χ4n) is 2.39. The summed E-state index contributed by atoms with van der Waals surface area (Å²) < 4.78 is 11.6. The Balaban J connectivity index is 1.87. The molecule has 0 radical (unpaired) electrons. The summed E-state index contributed by atoms with van der Waals surface area (Å²) in [6.07, 6.45) is 1.82. The Morgan fingerprint density at radius 3 is 2.54 bits per heavy atom. The van der Waals surface area contributed by atoms with Gasteiger partial charge in [-0.2, -0.15) is 0 Å². The Labute approximate surface area is 170 Å². The highest BCUT2D eigenvalue weighted by Gasteiger charge is 2.24. The van der Waals surface area contributed by atoms with E-state index in [-0.39, 0.29) is 5.91 Å². The number of hydrogen-bond donors (Lipinski definition) is 1. The van der Waals surface area contributed by atoms with E-state index in [1.807, 2.05) is 49.4 Å². The normalized spacial score (nSPS) is 16.8. The molecule has 7 heteroatoms. The molecule has 3 rings (SSSR count). The number of nitrogens with zero attached hydrogens (tertiary/aromatic N) is 1. The molecular formula is C19H17IN2O3S. The minimum atomic E-state index is -0.161. The molecule has 1 aliphatic rings. The van der Waals surface area contributed by atoms with E-state index in [0.29, 0.717) is 21.6 Å². The van der Waals surface area contributed by atoms with E-state index >= 15 is 0 Å². The Bertz CT molecular complexity index is 908. The van der Waals surface area contributed by atoms with E-state index < -0.39 is 0 Å². The van der Waals surface area contributed by atoms with Gasteiger partial charge in [0.1, 0.15) is 0 Å². The summed E-state index contributed by atoms with van der Waals surface area (Å²) in [5.41, 5.74) is 2.84. The molecule has 1 heterocycles. The van der Waals surface area contributed by atoms with Gasteiger partial charge < -0.3 is 14.8 Å². The largest absolute Gasteiger partial charge is 0.493 e. The van der Waals surface area contributed by atoms with Crippen LogP contribution >= 0.6 is 34.4 Å². The molecule has 1 amide bonds. The fraction of sp³-hybridized carbons (Fsp3) is 0.158. The number of aliphatic imine (C=N–C) groups is 1. The monoisotopic (exact) mass is 480 g/mol. The summed E-state index contributed by atoms with van der Waals surface area (Å²) in [5, 5.41) is 3.37. The summed E-state index contributed by atoms with van der Waals surface area (Å²) in [6.45, 7) is 2.02. The first kappa shape index (κ1) is 18.8. The standard InChI is InChI=1S/C19H17IN2O3S/c1-11-4-6-13(7-5-11)21-19-22-18(23)16(26-19)10-12-8-14(20)17(25-3)15(9-12)24-2/h4-10H,1-3H3,(H,21,22,23)/b16-10-. The van der Waals surface area contributed by atoms with Crippen molar-refractivity contribution >= 4 is 57.2 Å². The molecule has 5 nitrogen and oxygen atoms in total. The topological polar surface area (TPSA) is 59.9 Å². The first-order chi connectivity index (χ1) is 12.5. The van der Waals surface area contributed by atoms with Gasteiger partial charge in [0.2, 0.25) is 0 Å². The number of ether oxygens (including phenoxy) is 2. The molecule has 134 valence electrons. The number of amides is 1. The predicted octanol–water partition coefficient (Wildman–Crippen LogP) is 4.51. The summed E-state index contributed by atoms with van der Waals surface area (Å²) >= 11 is 3.50. The highest BCUT2D eigenvalue weighted by Crippen LogP contribution is 2.35. The van der Waals surface area contributed by atoms with Gasteiger partial charge in [-0.05, 0) is 77.2 Å². The van der Waals surface area contributed by atoms with Crippen molar-refractivity contribution in [2.75, 3.05) is 14.2 Å². The second kappa shape index (κ2) is 8.13. The smallest absolute Gasteiger partial charge is 0.264 e. The van der Waals surface area contributed by atoms with Crippen LogP contribution < -0.4 is 14.8 Å². The lowest BCUT2D eigenvalue weighted by Gasteiger charge is -2.10. The van der Waals surface area contributed by atoms with Crippen molar-refractivity contribution in [3.63, 3.8) is 0 Å². The van der Waals surface area contributed by atoms with Crippen LogP contribution in [0.15, 0.2) is 46.3 Å². The number of carbonyl (C=O) groups excluding carboxylic acids is 1. The van der Waals surface area contributed by atoms with Gasteiger partial charge in [0.25, 0.3) is 5.91 Å². The second-order valence-electron chi connectivity index (χ2n) is 5.56. The molecule has 1 fully saturated rings. The van der Waals surface area contributed by atoms with Crippen molar-refractivity contribution in [1.82, 2.24) is 5.32 Å². The van der Waals surface area contributed by atoms with E-state index in [9.17, 15) is 4.79 Å². The quantitative estimate of drug-likeness (QED) is 0.517. The Morgan fingerprint density at radius 1 is 1.15 bits per heavy atom. The average Bonchev–Trinajstić information content (AvgIpc) is 2.95. The number of rotatable bonds is 4. The average molecular weight is 480 g/mol. The highest BCUT2D eigenvalue weighted by molar-refractivity contribution is 14.1. The van der Waals surface area contributed by atoms with Crippen LogP contribution in [0.5, 0.6) is 11.5 Å². The summed E-state index contributed by atoms with van der Waals surface area (Å²) in [7, 11) is 3.19. The van der Waals surface area contributed by atoms with Gasteiger partial charge in [0, 0.05) is 0 Å². The zero-order valence-corrected chi connectivity index (χ0v) is 17.5. The summed E-state index contributed by atoms with van der Waals surface area (Å²) in [6, 6.07) is 11.6. The highest BCUT2D eigenvalue weighted by atomic mass is 127. The molecule has 0 spiro atoms. The molecule has 2 aromatic rings. The molecule has 0 aliphatic carbocycles. The van der Waals surface area contributed by atoms with Gasteiger partial charge in [-0.1, -0.05) is 17.7 Å². The maximum absolute atomic E-state index is 12.3. The Hall–Kier alpha value is -2.00. The van der Waals surface area contributed by atoms with Crippen LogP contribution in [0.1, 0.15) is 11.1 Å². The van der Waals surface area contributed by atoms with Crippen molar-refractivity contribution in [3.8, 4) is 11.5 Å². The van der Waals surface area contributed by atoms with Crippen LogP contribution in [0.25, 0.3) is 6.08 Å². The number of amidine groups is 1. The molecule has 0 aromatic heterocycles. The summed E-state index contributed by atoms with van der Waals surface area (Å²) in [4.78, 5) is 17.3. The first-order valence-corrected chi connectivity index (χ1v) is 9.67. The van der Waals surface area contributed by atoms with E-state index in [2.05, 4.69) is 32.9 Å². The molecule has 1 N–H and O–H groups in total. The van der Waals surface area contributed by atoms with Gasteiger partial charge in [0.05, 0.1) is 28.4 Å². The zero-order chi connectivity index (χ0) is 18.7. The van der Waals surface area contributed by atoms with Crippen molar-refractivity contribution < 1.29 is 14.3 Å². The van der Waals surface area contributed by atoms with Crippen molar-refractivity contribution in [2.24, 2.45) is 4.99 Å². The van der Waals surface area contributed by atoms with Gasteiger partial charge in [-0.15, -0.1) is 0 Å². The minimum absolute atomic E-state index is 0.161. The summed E-state index contributed by atoms with van der Waals surface area (Å²) in [5.74, 6) is 1.15. The molecule has 0 unspecified atom stereocenters. The molecule has 26 heavy (non-hydrogen) atoms.